The maximum atomic E-state index is 12.3. The van der Waals surface area contributed by atoms with E-state index < -0.39 is 0 Å². The Hall–Kier alpha value is -2.13. The third kappa shape index (κ3) is 5.99. The van der Waals surface area contributed by atoms with Gasteiger partial charge in [0.1, 0.15) is 0 Å². The summed E-state index contributed by atoms with van der Waals surface area (Å²) in [7, 11) is 0. The van der Waals surface area contributed by atoms with Crippen LogP contribution in [0.2, 0.25) is 0 Å². The molecule has 0 bridgehead atoms. The topological polar surface area (TPSA) is 41.1 Å². The third-order valence-corrected chi connectivity index (χ3v) is 4.55. The van der Waals surface area contributed by atoms with Crippen LogP contribution in [0.5, 0.6) is 0 Å². The van der Waals surface area contributed by atoms with Gasteiger partial charge in [-0.2, -0.15) is 0 Å². The van der Waals surface area contributed by atoms with Crippen molar-refractivity contribution in [3.63, 3.8) is 0 Å². The van der Waals surface area contributed by atoms with Crippen molar-refractivity contribution in [1.82, 2.24) is 5.32 Å². The van der Waals surface area contributed by atoms with Crippen molar-refractivity contribution in [2.24, 2.45) is 5.92 Å². The average Bonchev–Trinajstić information content (AvgIpc) is 2.60. The highest BCUT2D eigenvalue weighted by Gasteiger charge is 2.11. The molecule has 0 radical (unpaired) electrons. The molecule has 0 saturated heterocycles. The zero-order valence-corrected chi connectivity index (χ0v) is 16.7. The minimum Gasteiger partial charge on any atom is -0.325 e. The first kappa shape index (κ1) is 20.2. The molecule has 0 aliphatic heterocycles. The van der Waals surface area contributed by atoms with Crippen LogP contribution >= 0.6 is 0 Å². The van der Waals surface area contributed by atoms with Crippen LogP contribution in [0, 0.1) is 5.92 Å². The number of carbonyl (C=O) groups excluding carboxylic acids is 1. The summed E-state index contributed by atoms with van der Waals surface area (Å²) < 4.78 is 0. The van der Waals surface area contributed by atoms with Crippen LogP contribution in [-0.4, -0.2) is 12.5 Å². The molecule has 0 aliphatic rings. The highest BCUT2D eigenvalue weighted by molar-refractivity contribution is 5.93. The van der Waals surface area contributed by atoms with Gasteiger partial charge in [-0.05, 0) is 47.9 Å². The van der Waals surface area contributed by atoms with Gasteiger partial charge in [-0.25, -0.2) is 0 Å². The Labute approximate surface area is 158 Å². The van der Waals surface area contributed by atoms with E-state index in [-0.39, 0.29) is 11.9 Å². The predicted molar refractivity (Wildman–Crippen MR) is 111 cm³/mol. The molecule has 2 rings (SSSR count). The van der Waals surface area contributed by atoms with Crippen molar-refractivity contribution in [2.45, 2.75) is 53.0 Å². The molecule has 3 nitrogen and oxygen atoms in total. The number of nitrogens with one attached hydrogen (secondary N) is 2. The highest BCUT2D eigenvalue weighted by Crippen LogP contribution is 2.23. The van der Waals surface area contributed by atoms with Crippen molar-refractivity contribution in [2.75, 3.05) is 11.9 Å². The van der Waals surface area contributed by atoms with Crippen LogP contribution in [0.4, 0.5) is 5.69 Å². The lowest BCUT2D eigenvalue weighted by atomic mass is 10.00. The van der Waals surface area contributed by atoms with Gasteiger partial charge in [0.15, 0.2) is 0 Å². The zero-order valence-electron chi connectivity index (χ0n) is 16.7. The number of hydrogen-bond donors (Lipinski definition) is 2. The molecule has 0 aliphatic carbocycles. The first-order valence-corrected chi connectivity index (χ1v) is 9.57. The second kappa shape index (κ2) is 9.54. The second-order valence-corrected chi connectivity index (χ2v) is 7.73. The van der Waals surface area contributed by atoms with Crippen LogP contribution < -0.4 is 10.6 Å². The van der Waals surface area contributed by atoms with Gasteiger partial charge < -0.3 is 10.6 Å². The van der Waals surface area contributed by atoms with Crippen molar-refractivity contribution in [3.8, 4) is 0 Å². The minimum absolute atomic E-state index is 0.0126. The van der Waals surface area contributed by atoms with Crippen molar-refractivity contribution < 1.29 is 4.79 Å². The molecule has 1 amide bonds. The van der Waals surface area contributed by atoms with Crippen LogP contribution in [0.15, 0.2) is 48.5 Å². The van der Waals surface area contributed by atoms with E-state index in [9.17, 15) is 4.79 Å². The van der Waals surface area contributed by atoms with E-state index in [4.69, 9.17) is 0 Å². The number of amides is 1. The molecule has 26 heavy (non-hydrogen) atoms. The molecule has 3 heteroatoms. The average molecular weight is 353 g/mol. The van der Waals surface area contributed by atoms with Crippen LogP contribution in [0.1, 0.15) is 63.3 Å². The third-order valence-electron chi connectivity index (χ3n) is 4.55. The number of carbonyl (C=O) groups is 1. The van der Waals surface area contributed by atoms with Gasteiger partial charge in [0, 0.05) is 11.7 Å². The van der Waals surface area contributed by atoms with Gasteiger partial charge in [0.2, 0.25) is 5.91 Å². The Kier molecular flexibility index (Phi) is 7.40. The Morgan fingerprint density at radius 1 is 0.923 bits per heavy atom. The Balaban J connectivity index is 1.89. The van der Waals surface area contributed by atoms with Gasteiger partial charge in [0.25, 0.3) is 0 Å². The standard InChI is InChI=1S/C23H32N2O/c1-16(2)14-19-10-12-20(13-11-19)18(5)24-15-23(26)25-22-9-7-6-8-21(22)17(3)4/h6-13,16-18,24H,14-15H2,1-5H3,(H,25,26). The normalized spacial score (nSPS) is 12.4. The van der Waals surface area contributed by atoms with Crippen molar-refractivity contribution in [3.05, 3.63) is 65.2 Å². The molecule has 0 heterocycles. The van der Waals surface area contributed by atoms with E-state index in [1.54, 1.807) is 0 Å². The Bertz CT molecular complexity index is 704. The summed E-state index contributed by atoms with van der Waals surface area (Å²) >= 11 is 0. The fourth-order valence-corrected chi connectivity index (χ4v) is 3.09. The Morgan fingerprint density at radius 2 is 1.58 bits per heavy atom. The molecule has 2 aromatic carbocycles. The molecule has 2 N–H and O–H groups in total. The summed E-state index contributed by atoms with van der Waals surface area (Å²) in [4.78, 5) is 12.3. The van der Waals surface area contributed by atoms with E-state index >= 15 is 0 Å². The summed E-state index contributed by atoms with van der Waals surface area (Å²) in [6.07, 6.45) is 1.10. The number of hydrogen-bond acceptors (Lipinski definition) is 2. The SMILES string of the molecule is CC(C)Cc1ccc(C(C)NCC(=O)Nc2ccccc2C(C)C)cc1. The quantitative estimate of drug-likeness (QED) is 0.677. The molecule has 140 valence electrons. The molecular weight excluding hydrogens is 320 g/mol. The first-order valence-electron chi connectivity index (χ1n) is 9.57. The van der Waals surface area contributed by atoms with Crippen LogP contribution in [0.25, 0.3) is 0 Å². The number of anilines is 1. The number of benzene rings is 2. The minimum atomic E-state index is -0.0126. The largest absolute Gasteiger partial charge is 0.325 e. The number of rotatable bonds is 8. The summed E-state index contributed by atoms with van der Waals surface area (Å²) in [6, 6.07) is 16.8. The molecule has 0 spiro atoms. The number of para-hydroxylation sites is 1. The van der Waals surface area contributed by atoms with E-state index in [0.717, 1.165) is 17.7 Å². The van der Waals surface area contributed by atoms with E-state index in [1.165, 1.54) is 11.1 Å². The van der Waals surface area contributed by atoms with Gasteiger partial charge in [-0.3, -0.25) is 4.79 Å². The molecule has 0 aromatic heterocycles. The summed E-state index contributed by atoms with van der Waals surface area (Å²) in [5, 5.41) is 6.34. The summed E-state index contributed by atoms with van der Waals surface area (Å²) in [6.45, 7) is 11.1. The second-order valence-electron chi connectivity index (χ2n) is 7.73. The highest BCUT2D eigenvalue weighted by atomic mass is 16.1. The van der Waals surface area contributed by atoms with Crippen LogP contribution in [-0.2, 0) is 11.2 Å². The fourth-order valence-electron chi connectivity index (χ4n) is 3.09. The van der Waals surface area contributed by atoms with E-state index in [0.29, 0.717) is 18.4 Å². The zero-order chi connectivity index (χ0) is 19.1. The molecule has 1 atom stereocenters. The molecule has 2 aromatic rings. The summed E-state index contributed by atoms with van der Waals surface area (Å²) in [5.74, 6) is 1.03. The molecular formula is C23H32N2O. The lowest BCUT2D eigenvalue weighted by Crippen LogP contribution is -2.30. The first-order chi connectivity index (χ1) is 12.4. The van der Waals surface area contributed by atoms with Gasteiger partial charge in [-0.15, -0.1) is 0 Å². The van der Waals surface area contributed by atoms with Crippen molar-refractivity contribution in [1.29, 1.82) is 0 Å². The van der Waals surface area contributed by atoms with Gasteiger partial charge in [0.05, 0.1) is 6.54 Å². The smallest absolute Gasteiger partial charge is 0.238 e. The molecule has 0 fully saturated rings. The lowest BCUT2D eigenvalue weighted by Gasteiger charge is -2.17. The predicted octanol–water partition coefficient (Wildman–Crippen LogP) is 5.30. The lowest BCUT2D eigenvalue weighted by molar-refractivity contribution is -0.115. The Morgan fingerprint density at radius 3 is 2.19 bits per heavy atom. The maximum absolute atomic E-state index is 12.3. The molecule has 0 saturated carbocycles. The van der Waals surface area contributed by atoms with Gasteiger partial charge in [-0.1, -0.05) is 70.2 Å². The molecule has 1 unspecified atom stereocenters. The van der Waals surface area contributed by atoms with Crippen LogP contribution in [0.3, 0.4) is 0 Å². The van der Waals surface area contributed by atoms with E-state index in [2.05, 4.69) is 75.6 Å². The van der Waals surface area contributed by atoms with E-state index in [1.807, 2.05) is 18.2 Å². The fraction of sp³-hybridized carbons (Fsp3) is 0.435. The summed E-state index contributed by atoms with van der Waals surface area (Å²) in [5.41, 5.74) is 4.63. The maximum Gasteiger partial charge on any atom is 0.238 e. The van der Waals surface area contributed by atoms with Crippen molar-refractivity contribution >= 4 is 11.6 Å². The monoisotopic (exact) mass is 352 g/mol. The van der Waals surface area contributed by atoms with Gasteiger partial charge >= 0.3 is 0 Å².